The molecule has 1 aromatic rings. The van der Waals surface area contributed by atoms with Crippen molar-refractivity contribution in [2.45, 2.75) is 83.1 Å². The van der Waals surface area contributed by atoms with Crippen LogP contribution in [0.2, 0.25) is 0 Å². The number of hydrogen-bond acceptors (Lipinski definition) is 7. The van der Waals surface area contributed by atoms with Crippen molar-refractivity contribution in [3.63, 3.8) is 0 Å². The topological polar surface area (TPSA) is 203 Å². The summed E-state index contributed by atoms with van der Waals surface area (Å²) in [5.74, 6) is -2.70. The molecule has 1 rings (SSSR count). The number of unbranched alkanes of at least 4 members (excludes halogenated alkanes) is 1. The molecule has 0 heterocycles. The van der Waals surface area contributed by atoms with Crippen LogP contribution in [0.25, 0.3) is 0 Å². The van der Waals surface area contributed by atoms with Crippen LogP contribution in [-0.2, 0) is 25.6 Å². The van der Waals surface area contributed by atoms with Gasteiger partial charge in [-0.05, 0) is 44.2 Å². The Kier molecular flexibility index (Phi) is 13.7. The molecule has 0 aliphatic carbocycles. The fraction of sp³-hybridized carbons (Fsp3) is 0.600. The summed E-state index contributed by atoms with van der Waals surface area (Å²) < 4.78 is 0. The third kappa shape index (κ3) is 10.3. The number of primary amides is 1. The number of amides is 4. The van der Waals surface area contributed by atoms with Crippen LogP contribution in [0.4, 0.5) is 0 Å². The number of nitrogens with one attached hydrogen (secondary N) is 3. The van der Waals surface area contributed by atoms with Crippen LogP contribution in [0.15, 0.2) is 30.3 Å². The van der Waals surface area contributed by atoms with Crippen molar-refractivity contribution in [2.24, 2.45) is 23.1 Å². The van der Waals surface area contributed by atoms with E-state index in [0.29, 0.717) is 25.8 Å². The van der Waals surface area contributed by atoms with Crippen LogP contribution in [0, 0.1) is 5.92 Å². The van der Waals surface area contributed by atoms with E-state index in [-0.39, 0.29) is 18.8 Å². The van der Waals surface area contributed by atoms with E-state index in [1.54, 1.807) is 31.2 Å². The average Bonchev–Trinajstić information content (AvgIpc) is 2.85. The Morgan fingerprint density at radius 1 is 0.917 bits per heavy atom. The Balaban J connectivity index is 3.12. The van der Waals surface area contributed by atoms with Gasteiger partial charge in [0.2, 0.25) is 23.6 Å². The van der Waals surface area contributed by atoms with Crippen molar-refractivity contribution >= 4 is 23.6 Å². The zero-order chi connectivity index (χ0) is 27.3. The summed E-state index contributed by atoms with van der Waals surface area (Å²) in [6.45, 7) is 5.47. The van der Waals surface area contributed by atoms with Crippen LogP contribution in [0.3, 0.4) is 0 Å². The predicted octanol–water partition coefficient (Wildman–Crippen LogP) is -0.948. The van der Waals surface area contributed by atoms with Crippen molar-refractivity contribution in [1.82, 2.24) is 16.0 Å². The molecule has 0 saturated carbocycles. The Bertz CT molecular complexity index is 851. The van der Waals surface area contributed by atoms with Gasteiger partial charge in [0.05, 0.1) is 6.10 Å². The standard InChI is InChI=1S/C25H42N6O5/c1-4-15(2)21(22(28)33)31-23(34)18(12-8-9-13-26)29-24(35)19(14-17-10-6-5-7-11-17)30-25(36)20(27)16(3)32/h5-7,10-11,15-16,18-21,32H,4,8-9,12-14,26-27H2,1-3H3,(H2,28,33)(H,29,35)(H,30,36)(H,31,34)/t15-,16+,18-,19-,20-,21-/m0/s1. The Labute approximate surface area is 212 Å². The lowest BCUT2D eigenvalue weighted by Crippen LogP contribution is -2.59. The smallest absolute Gasteiger partial charge is 0.243 e. The minimum absolute atomic E-state index is 0.138. The molecule has 0 saturated heterocycles. The normalized spacial score (nSPS) is 16.1. The maximum absolute atomic E-state index is 13.3. The first-order valence-corrected chi connectivity index (χ1v) is 12.4. The largest absolute Gasteiger partial charge is 0.391 e. The van der Waals surface area contributed by atoms with Crippen molar-refractivity contribution in [3.8, 4) is 0 Å². The Morgan fingerprint density at radius 2 is 1.50 bits per heavy atom. The second-order valence-electron chi connectivity index (χ2n) is 9.14. The van der Waals surface area contributed by atoms with E-state index in [4.69, 9.17) is 17.2 Å². The zero-order valence-electron chi connectivity index (χ0n) is 21.4. The molecule has 0 aliphatic rings. The molecule has 1 aromatic carbocycles. The molecule has 6 atom stereocenters. The monoisotopic (exact) mass is 506 g/mol. The van der Waals surface area contributed by atoms with Gasteiger partial charge in [0.1, 0.15) is 24.2 Å². The molecule has 0 fully saturated rings. The van der Waals surface area contributed by atoms with Gasteiger partial charge in [-0.3, -0.25) is 19.2 Å². The second-order valence-corrected chi connectivity index (χ2v) is 9.14. The van der Waals surface area contributed by atoms with Gasteiger partial charge >= 0.3 is 0 Å². The molecule has 0 spiro atoms. The summed E-state index contributed by atoms with van der Waals surface area (Å²) in [6, 6.07) is 4.88. The third-order valence-electron chi connectivity index (χ3n) is 6.14. The van der Waals surface area contributed by atoms with E-state index in [2.05, 4.69) is 16.0 Å². The van der Waals surface area contributed by atoms with Crippen LogP contribution < -0.4 is 33.2 Å². The first-order valence-electron chi connectivity index (χ1n) is 12.4. The lowest BCUT2D eigenvalue weighted by atomic mass is 9.97. The van der Waals surface area contributed by atoms with Crippen LogP contribution in [-0.4, -0.2) is 65.6 Å². The highest BCUT2D eigenvalue weighted by Crippen LogP contribution is 2.10. The first-order chi connectivity index (χ1) is 17.0. The summed E-state index contributed by atoms with van der Waals surface area (Å²) >= 11 is 0. The van der Waals surface area contributed by atoms with Crippen molar-refractivity contribution < 1.29 is 24.3 Å². The lowest BCUT2D eigenvalue weighted by Gasteiger charge is -2.27. The van der Waals surface area contributed by atoms with Crippen LogP contribution in [0.5, 0.6) is 0 Å². The molecule has 0 aliphatic heterocycles. The van der Waals surface area contributed by atoms with Gasteiger partial charge in [-0.1, -0.05) is 50.6 Å². The fourth-order valence-electron chi connectivity index (χ4n) is 3.56. The maximum atomic E-state index is 13.3. The highest BCUT2D eigenvalue weighted by Gasteiger charge is 2.31. The number of hydrogen-bond donors (Lipinski definition) is 7. The van der Waals surface area contributed by atoms with Gasteiger partial charge in [-0.25, -0.2) is 0 Å². The van der Waals surface area contributed by atoms with Crippen molar-refractivity contribution in [2.75, 3.05) is 6.54 Å². The molecule has 0 aromatic heterocycles. The van der Waals surface area contributed by atoms with E-state index in [1.807, 2.05) is 13.0 Å². The Hall–Kier alpha value is -3.02. The maximum Gasteiger partial charge on any atom is 0.243 e. The highest BCUT2D eigenvalue weighted by molar-refractivity contribution is 5.94. The predicted molar refractivity (Wildman–Crippen MR) is 137 cm³/mol. The van der Waals surface area contributed by atoms with Gasteiger partial charge in [0.15, 0.2) is 0 Å². The summed E-state index contributed by atoms with van der Waals surface area (Å²) in [5, 5.41) is 17.6. The Morgan fingerprint density at radius 3 is 2.03 bits per heavy atom. The van der Waals surface area contributed by atoms with Crippen molar-refractivity contribution in [3.05, 3.63) is 35.9 Å². The summed E-state index contributed by atoms with van der Waals surface area (Å²) in [7, 11) is 0. The van der Waals surface area contributed by atoms with Gasteiger partial charge in [0, 0.05) is 6.42 Å². The number of carbonyl (C=O) groups is 4. The van der Waals surface area contributed by atoms with Gasteiger partial charge in [-0.2, -0.15) is 0 Å². The molecular formula is C25H42N6O5. The van der Waals surface area contributed by atoms with Crippen LogP contribution in [0.1, 0.15) is 52.0 Å². The van der Waals surface area contributed by atoms with E-state index in [9.17, 15) is 24.3 Å². The van der Waals surface area contributed by atoms with Gasteiger partial charge < -0.3 is 38.3 Å². The molecule has 10 N–H and O–H groups in total. The third-order valence-corrected chi connectivity index (χ3v) is 6.14. The van der Waals surface area contributed by atoms with Crippen LogP contribution >= 0.6 is 0 Å². The van der Waals surface area contributed by atoms with Crippen molar-refractivity contribution in [1.29, 1.82) is 0 Å². The molecule has 11 heteroatoms. The van der Waals surface area contributed by atoms with E-state index < -0.39 is 53.9 Å². The van der Waals surface area contributed by atoms with E-state index >= 15 is 0 Å². The van der Waals surface area contributed by atoms with E-state index in [0.717, 1.165) is 5.56 Å². The summed E-state index contributed by atoms with van der Waals surface area (Å²) in [4.78, 5) is 50.9. The molecule has 0 unspecified atom stereocenters. The van der Waals surface area contributed by atoms with E-state index in [1.165, 1.54) is 6.92 Å². The van der Waals surface area contributed by atoms with Gasteiger partial charge in [0.25, 0.3) is 0 Å². The summed E-state index contributed by atoms with van der Waals surface area (Å²) in [6.07, 6.45) is 1.11. The molecule has 36 heavy (non-hydrogen) atoms. The minimum atomic E-state index is -1.23. The quantitative estimate of drug-likeness (QED) is 0.140. The lowest BCUT2D eigenvalue weighted by molar-refractivity contribution is -0.134. The molecule has 202 valence electrons. The number of aliphatic hydroxyl groups excluding tert-OH is 1. The van der Waals surface area contributed by atoms with Gasteiger partial charge in [-0.15, -0.1) is 0 Å². The molecular weight excluding hydrogens is 464 g/mol. The number of carbonyl (C=O) groups excluding carboxylic acids is 4. The average molecular weight is 507 g/mol. The molecule has 0 radical (unpaired) electrons. The summed E-state index contributed by atoms with van der Waals surface area (Å²) in [5.41, 5.74) is 17.6. The molecule has 0 bridgehead atoms. The second kappa shape index (κ2) is 15.9. The first kappa shape index (κ1) is 31.0. The number of benzene rings is 1. The molecule has 11 nitrogen and oxygen atoms in total. The molecule has 4 amide bonds. The number of nitrogens with two attached hydrogens (primary N) is 3. The zero-order valence-corrected chi connectivity index (χ0v) is 21.4. The number of rotatable bonds is 16. The SMILES string of the molecule is CC[C@H](C)[C@H](NC(=O)[C@H](CCCCN)NC(=O)[C@H](Cc1ccccc1)NC(=O)[C@@H](N)[C@@H](C)O)C(N)=O. The fourth-order valence-corrected chi connectivity index (χ4v) is 3.56. The minimum Gasteiger partial charge on any atom is -0.391 e. The highest BCUT2D eigenvalue weighted by atomic mass is 16.3. The number of aliphatic hydroxyl groups is 1.